The summed E-state index contributed by atoms with van der Waals surface area (Å²) in [6.45, 7) is 0.458. The second-order valence-corrected chi connectivity index (χ2v) is 3.95. The Balaban J connectivity index is 1.83. The Kier molecular flexibility index (Phi) is 3.60. The molecule has 0 amide bonds. The van der Waals surface area contributed by atoms with Crippen LogP contribution < -0.4 is 16.6 Å². The normalized spacial score (nSPS) is 10.3. The van der Waals surface area contributed by atoms with Crippen molar-refractivity contribution >= 4 is 11.9 Å². The third kappa shape index (κ3) is 3.06. The maximum absolute atomic E-state index is 5.37. The molecule has 0 saturated carbocycles. The van der Waals surface area contributed by atoms with Crippen LogP contribution in [0.25, 0.3) is 5.95 Å². The Hall–Kier alpha value is -3.14. The first kappa shape index (κ1) is 12.9. The molecule has 0 radical (unpaired) electrons. The molecule has 0 spiro atoms. The van der Waals surface area contributed by atoms with E-state index in [0.717, 1.165) is 5.69 Å². The third-order valence-electron chi connectivity index (χ3n) is 2.56. The maximum atomic E-state index is 5.37. The highest BCUT2D eigenvalue weighted by atomic mass is 15.4. The molecule has 0 unspecified atom stereocenters. The average Bonchev–Trinajstić information content (AvgIpc) is 3.08. The summed E-state index contributed by atoms with van der Waals surface area (Å²) < 4.78 is 1.65. The van der Waals surface area contributed by atoms with Crippen molar-refractivity contribution in [2.24, 2.45) is 5.84 Å². The van der Waals surface area contributed by atoms with Gasteiger partial charge in [-0.05, 0) is 6.07 Å². The molecule has 3 aromatic rings. The first-order valence-electron chi connectivity index (χ1n) is 6.05. The number of imidazole rings is 1. The zero-order valence-electron chi connectivity index (χ0n) is 10.9. The van der Waals surface area contributed by atoms with Gasteiger partial charge in [-0.1, -0.05) is 0 Å². The number of nitrogen functional groups attached to an aromatic ring is 1. The van der Waals surface area contributed by atoms with Gasteiger partial charge < -0.3 is 5.32 Å². The van der Waals surface area contributed by atoms with Crippen molar-refractivity contribution in [3.63, 3.8) is 0 Å². The topological polar surface area (TPSA) is 132 Å². The van der Waals surface area contributed by atoms with Crippen LogP contribution >= 0.6 is 0 Å². The van der Waals surface area contributed by atoms with Gasteiger partial charge in [-0.2, -0.15) is 15.0 Å². The molecule has 0 aromatic carbocycles. The van der Waals surface area contributed by atoms with E-state index in [1.807, 2.05) is 0 Å². The second-order valence-electron chi connectivity index (χ2n) is 3.95. The van der Waals surface area contributed by atoms with E-state index in [1.54, 1.807) is 35.6 Å². The van der Waals surface area contributed by atoms with Crippen molar-refractivity contribution in [1.82, 2.24) is 34.5 Å². The van der Waals surface area contributed by atoms with E-state index in [0.29, 0.717) is 18.4 Å². The lowest BCUT2D eigenvalue weighted by atomic mass is 10.4. The van der Waals surface area contributed by atoms with Crippen molar-refractivity contribution in [3.05, 3.63) is 43.0 Å². The van der Waals surface area contributed by atoms with Crippen molar-refractivity contribution < 1.29 is 0 Å². The quantitative estimate of drug-likeness (QED) is 0.428. The van der Waals surface area contributed by atoms with Gasteiger partial charge in [0.25, 0.3) is 0 Å². The molecule has 21 heavy (non-hydrogen) atoms. The minimum Gasteiger partial charge on any atom is -0.348 e. The van der Waals surface area contributed by atoms with Gasteiger partial charge in [-0.25, -0.2) is 20.8 Å². The number of hydrogen-bond donors (Lipinski definition) is 3. The highest BCUT2D eigenvalue weighted by Crippen LogP contribution is 2.09. The van der Waals surface area contributed by atoms with Crippen LogP contribution in [0.4, 0.5) is 11.9 Å². The van der Waals surface area contributed by atoms with Gasteiger partial charge in [0.15, 0.2) is 0 Å². The summed E-state index contributed by atoms with van der Waals surface area (Å²) in [5.74, 6) is 6.40. The van der Waals surface area contributed by atoms with Crippen molar-refractivity contribution in [1.29, 1.82) is 0 Å². The van der Waals surface area contributed by atoms with Crippen LogP contribution in [0.5, 0.6) is 0 Å². The number of nitrogens with one attached hydrogen (secondary N) is 2. The molecule has 0 aliphatic rings. The fraction of sp³-hybridized carbons (Fsp3) is 0.0909. The van der Waals surface area contributed by atoms with Crippen LogP contribution in [0.1, 0.15) is 5.69 Å². The molecule has 3 rings (SSSR count). The summed E-state index contributed by atoms with van der Waals surface area (Å²) in [7, 11) is 0. The van der Waals surface area contributed by atoms with Crippen LogP contribution in [0, 0.1) is 0 Å². The standard InChI is InChI=1S/C11H12N10/c12-20-10-17-9(15-5-8-1-2-13-6-16-8)18-11(19-10)21-4-3-14-7-21/h1-4,6-7H,5,12H2,(H2,15,17,18,19,20). The van der Waals surface area contributed by atoms with E-state index in [-0.39, 0.29) is 5.95 Å². The Bertz CT molecular complexity index is 696. The minimum atomic E-state index is 0.249. The Morgan fingerprint density at radius 2 is 2.00 bits per heavy atom. The van der Waals surface area contributed by atoms with Gasteiger partial charge in [-0.15, -0.1) is 0 Å². The van der Waals surface area contributed by atoms with Gasteiger partial charge in [-0.3, -0.25) is 9.99 Å². The van der Waals surface area contributed by atoms with E-state index < -0.39 is 0 Å². The Labute approximate surface area is 119 Å². The van der Waals surface area contributed by atoms with E-state index in [1.165, 1.54) is 6.33 Å². The molecule has 106 valence electrons. The van der Waals surface area contributed by atoms with Crippen molar-refractivity contribution in [2.45, 2.75) is 6.54 Å². The lowest BCUT2D eigenvalue weighted by Gasteiger charge is -2.08. The number of rotatable bonds is 5. The molecule has 0 bridgehead atoms. The summed E-state index contributed by atoms with van der Waals surface area (Å²) in [6.07, 6.45) is 8.09. The molecular weight excluding hydrogens is 272 g/mol. The summed E-state index contributed by atoms with van der Waals surface area (Å²) in [6, 6.07) is 1.80. The number of nitrogens with two attached hydrogens (primary N) is 1. The van der Waals surface area contributed by atoms with Gasteiger partial charge in [0.2, 0.25) is 17.8 Å². The van der Waals surface area contributed by atoms with E-state index in [9.17, 15) is 0 Å². The second kappa shape index (κ2) is 5.88. The Morgan fingerprint density at radius 1 is 1.10 bits per heavy atom. The number of hydrogen-bond acceptors (Lipinski definition) is 9. The highest BCUT2D eigenvalue weighted by molar-refractivity contribution is 5.37. The first-order valence-corrected chi connectivity index (χ1v) is 6.05. The SMILES string of the molecule is NNc1nc(NCc2ccncn2)nc(-n2ccnc2)n1. The maximum Gasteiger partial charge on any atom is 0.243 e. The average molecular weight is 284 g/mol. The fourth-order valence-electron chi connectivity index (χ4n) is 1.59. The van der Waals surface area contributed by atoms with Crippen LogP contribution in [0.2, 0.25) is 0 Å². The summed E-state index contributed by atoms with van der Waals surface area (Å²) >= 11 is 0. The van der Waals surface area contributed by atoms with Gasteiger partial charge in [0.05, 0.1) is 12.2 Å². The summed E-state index contributed by atoms with van der Waals surface area (Å²) in [5.41, 5.74) is 3.22. The molecule has 0 aliphatic carbocycles. The molecule has 4 N–H and O–H groups in total. The van der Waals surface area contributed by atoms with Crippen LogP contribution in [-0.4, -0.2) is 34.5 Å². The van der Waals surface area contributed by atoms with Crippen molar-refractivity contribution in [2.75, 3.05) is 10.7 Å². The minimum absolute atomic E-state index is 0.249. The highest BCUT2D eigenvalue weighted by Gasteiger charge is 2.07. The number of anilines is 2. The number of nitrogens with zero attached hydrogens (tertiary/aromatic N) is 7. The largest absolute Gasteiger partial charge is 0.348 e. The van der Waals surface area contributed by atoms with Crippen LogP contribution in [-0.2, 0) is 6.54 Å². The molecule has 10 heteroatoms. The lowest BCUT2D eigenvalue weighted by Crippen LogP contribution is -2.15. The first-order chi connectivity index (χ1) is 10.3. The summed E-state index contributed by atoms with van der Waals surface area (Å²) in [4.78, 5) is 24.5. The van der Waals surface area contributed by atoms with E-state index in [4.69, 9.17) is 5.84 Å². The molecule has 3 aromatic heterocycles. The van der Waals surface area contributed by atoms with Gasteiger partial charge >= 0.3 is 0 Å². The monoisotopic (exact) mass is 284 g/mol. The molecule has 0 aliphatic heterocycles. The number of aromatic nitrogens is 7. The molecule has 3 heterocycles. The van der Waals surface area contributed by atoms with E-state index in [2.05, 4.69) is 40.6 Å². The smallest absolute Gasteiger partial charge is 0.243 e. The predicted octanol–water partition coefficient (Wildman–Crippen LogP) is -0.255. The third-order valence-corrected chi connectivity index (χ3v) is 2.56. The zero-order valence-corrected chi connectivity index (χ0v) is 10.9. The van der Waals surface area contributed by atoms with E-state index >= 15 is 0 Å². The number of hydrazine groups is 1. The summed E-state index contributed by atoms with van der Waals surface area (Å²) in [5, 5.41) is 3.06. The van der Waals surface area contributed by atoms with Crippen LogP contribution in [0.15, 0.2) is 37.3 Å². The van der Waals surface area contributed by atoms with Gasteiger partial charge in [0.1, 0.15) is 12.7 Å². The fourth-order valence-corrected chi connectivity index (χ4v) is 1.59. The zero-order chi connectivity index (χ0) is 14.5. The molecule has 0 saturated heterocycles. The molecule has 0 fully saturated rings. The van der Waals surface area contributed by atoms with Crippen LogP contribution in [0.3, 0.4) is 0 Å². The molecule has 0 atom stereocenters. The predicted molar refractivity (Wildman–Crippen MR) is 74.1 cm³/mol. The lowest BCUT2D eigenvalue weighted by molar-refractivity contribution is 0.882. The Morgan fingerprint density at radius 3 is 2.71 bits per heavy atom. The molecule has 10 nitrogen and oxygen atoms in total. The van der Waals surface area contributed by atoms with Crippen molar-refractivity contribution in [3.8, 4) is 5.95 Å². The molecular formula is C11H12N10. The van der Waals surface area contributed by atoms with Gasteiger partial charge in [0, 0.05) is 18.6 Å².